The number of ether oxygens (including phenoxy) is 1. The van der Waals surface area contributed by atoms with Crippen LogP contribution in [0.5, 0.6) is 5.75 Å². The molecule has 2 rings (SSSR count). The monoisotopic (exact) mass is 280 g/mol. The third-order valence-electron chi connectivity index (χ3n) is 2.45. The highest BCUT2D eigenvalue weighted by molar-refractivity contribution is 6.33. The van der Waals surface area contributed by atoms with Gasteiger partial charge >= 0.3 is 0 Å². The minimum atomic E-state index is -0.377. The van der Waals surface area contributed by atoms with E-state index in [1.54, 1.807) is 24.3 Å². The Balaban J connectivity index is 2.27. The topological polar surface area (TPSA) is 47.3 Å². The summed E-state index contributed by atoms with van der Waals surface area (Å²) in [6.07, 6.45) is 0. The Hall–Kier alpha value is -1.94. The molecule has 5 heteroatoms. The predicted octanol–water partition coefficient (Wildman–Crippen LogP) is 4.20. The highest BCUT2D eigenvalue weighted by Gasteiger charge is 2.04. The standard InChI is InChI=1S/C14H14ClFN2O/c1-2-19-12-7-10(17)6-11(8-12)18-14-4-3-9(16)5-13(14)15/h3-8,18H,2,17H2,1H3. The van der Waals surface area contributed by atoms with E-state index in [1.165, 1.54) is 12.1 Å². The minimum absolute atomic E-state index is 0.306. The Morgan fingerprint density at radius 3 is 2.74 bits per heavy atom. The third kappa shape index (κ3) is 3.51. The molecule has 0 aromatic heterocycles. The van der Waals surface area contributed by atoms with Gasteiger partial charge in [0.05, 0.1) is 17.3 Å². The van der Waals surface area contributed by atoms with E-state index in [2.05, 4.69) is 5.32 Å². The quantitative estimate of drug-likeness (QED) is 0.825. The summed E-state index contributed by atoms with van der Waals surface area (Å²) in [5.74, 6) is 0.293. The molecule has 0 bridgehead atoms. The lowest BCUT2D eigenvalue weighted by atomic mass is 10.2. The molecule has 0 radical (unpaired) electrons. The zero-order chi connectivity index (χ0) is 13.8. The fraction of sp³-hybridized carbons (Fsp3) is 0.143. The predicted molar refractivity (Wildman–Crippen MR) is 76.7 cm³/mol. The first-order valence-corrected chi connectivity index (χ1v) is 6.21. The van der Waals surface area contributed by atoms with Crippen LogP contribution in [0.3, 0.4) is 0 Å². The van der Waals surface area contributed by atoms with Crippen molar-refractivity contribution in [2.24, 2.45) is 0 Å². The van der Waals surface area contributed by atoms with Crippen molar-refractivity contribution < 1.29 is 9.13 Å². The van der Waals surface area contributed by atoms with Gasteiger partial charge in [0.15, 0.2) is 0 Å². The highest BCUT2D eigenvalue weighted by Crippen LogP contribution is 2.29. The molecule has 2 aromatic rings. The van der Waals surface area contributed by atoms with E-state index >= 15 is 0 Å². The van der Waals surface area contributed by atoms with Gasteiger partial charge in [-0.2, -0.15) is 0 Å². The zero-order valence-corrected chi connectivity index (χ0v) is 11.2. The molecule has 0 spiro atoms. The Bertz CT molecular complexity index is 590. The van der Waals surface area contributed by atoms with Crippen molar-refractivity contribution >= 4 is 28.7 Å². The second kappa shape index (κ2) is 5.80. The number of nitrogen functional groups attached to an aromatic ring is 1. The first kappa shape index (κ1) is 13.5. The number of rotatable bonds is 4. The van der Waals surface area contributed by atoms with E-state index in [0.29, 0.717) is 28.8 Å². The van der Waals surface area contributed by atoms with E-state index in [4.69, 9.17) is 22.1 Å². The molecule has 0 saturated heterocycles. The van der Waals surface area contributed by atoms with Crippen molar-refractivity contribution in [1.82, 2.24) is 0 Å². The number of hydrogen-bond acceptors (Lipinski definition) is 3. The van der Waals surface area contributed by atoms with Crippen LogP contribution in [0.15, 0.2) is 36.4 Å². The molecule has 0 saturated carbocycles. The van der Waals surface area contributed by atoms with Gasteiger partial charge in [0.1, 0.15) is 11.6 Å². The minimum Gasteiger partial charge on any atom is -0.494 e. The van der Waals surface area contributed by atoms with Gasteiger partial charge in [-0.25, -0.2) is 4.39 Å². The van der Waals surface area contributed by atoms with Crippen LogP contribution in [0.25, 0.3) is 0 Å². The second-order valence-corrected chi connectivity index (χ2v) is 4.38. The van der Waals surface area contributed by atoms with Crippen molar-refractivity contribution in [2.45, 2.75) is 6.92 Å². The van der Waals surface area contributed by atoms with E-state index in [0.717, 1.165) is 5.69 Å². The van der Waals surface area contributed by atoms with Crippen LogP contribution >= 0.6 is 11.6 Å². The molecule has 0 amide bonds. The molecule has 19 heavy (non-hydrogen) atoms. The molecule has 3 N–H and O–H groups in total. The molecule has 0 atom stereocenters. The molecule has 2 aromatic carbocycles. The normalized spacial score (nSPS) is 10.3. The van der Waals surface area contributed by atoms with Crippen LogP contribution in [0.1, 0.15) is 6.92 Å². The largest absolute Gasteiger partial charge is 0.494 e. The van der Waals surface area contributed by atoms with Crippen LogP contribution in [0, 0.1) is 5.82 Å². The van der Waals surface area contributed by atoms with Crippen LogP contribution in [-0.4, -0.2) is 6.61 Å². The number of nitrogens with two attached hydrogens (primary N) is 1. The van der Waals surface area contributed by atoms with Crippen molar-refractivity contribution in [3.8, 4) is 5.75 Å². The first-order chi connectivity index (χ1) is 9.08. The molecule has 0 aliphatic rings. The van der Waals surface area contributed by atoms with Gasteiger partial charge in [0.25, 0.3) is 0 Å². The van der Waals surface area contributed by atoms with Gasteiger partial charge in [-0.3, -0.25) is 0 Å². The Kier molecular flexibility index (Phi) is 4.12. The summed E-state index contributed by atoms with van der Waals surface area (Å²) in [6, 6.07) is 9.45. The van der Waals surface area contributed by atoms with Crippen LogP contribution in [0.4, 0.5) is 21.5 Å². The molecule has 0 unspecified atom stereocenters. The first-order valence-electron chi connectivity index (χ1n) is 5.84. The second-order valence-electron chi connectivity index (χ2n) is 3.97. The average molecular weight is 281 g/mol. The van der Waals surface area contributed by atoms with Crippen LogP contribution < -0.4 is 15.8 Å². The summed E-state index contributed by atoms with van der Waals surface area (Å²) in [7, 11) is 0. The smallest absolute Gasteiger partial charge is 0.124 e. The lowest BCUT2D eigenvalue weighted by Crippen LogP contribution is -1.97. The summed E-state index contributed by atoms with van der Waals surface area (Å²) < 4.78 is 18.4. The fourth-order valence-electron chi connectivity index (χ4n) is 1.69. The van der Waals surface area contributed by atoms with Crippen LogP contribution in [-0.2, 0) is 0 Å². The van der Waals surface area contributed by atoms with E-state index in [-0.39, 0.29) is 5.82 Å². The van der Waals surface area contributed by atoms with Gasteiger partial charge in [-0.15, -0.1) is 0 Å². The van der Waals surface area contributed by atoms with Crippen LogP contribution in [0.2, 0.25) is 5.02 Å². The van der Waals surface area contributed by atoms with Crippen molar-refractivity contribution in [1.29, 1.82) is 0 Å². The molecule has 100 valence electrons. The summed E-state index contributed by atoms with van der Waals surface area (Å²) in [5.41, 5.74) is 7.71. The fourth-order valence-corrected chi connectivity index (χ4v) is 1.91. The summed E-state index contributed by atoms with van der Waals surface area (Å²) >= 11 is 5.96. The number of hydrogen-bond donors (Lipinski definition) is 2. The Labute approximate surface area is 116 Å². The highest BCUT2D eigenvalue weighted by atomic mass is 35.5. The number of nitrogens with one attached hydrogen (secondary N) is 1. The maximum atomic E-state index is 13.0. The molecule has 0 aliphatic carbocycles. The molecule has 0 aliphatic heterocycles. The molecular weight excluding hydrogens is 267 g/mol. The molecule has 3 nitrogen and oxygen atoms in total. The van der Waals surface area contributed by atoms with Gasteiger partial charge in [0, 0.05) is 23.5 Å². The summed E-state index contributed by atoms with van der Waals surface area (Å²) in [5, 5.41) is 3.39. The average Bonchev–Trinajstić information content (AvgIpc) is 2.32. The van der Waals surface area contributed by atoms with Gasteiger partial charge in [-0.05, 0) is 31.2 Å². The van der Waals surface area contributed by atoms with E-state index < -0.39 is 0 Å². The van der Waals surface area contributed by atoms with Crippen molar-refractivity contribution in [3.63, 3.8) is 0 Å². The Morgan fingerprint density at radius 2 is 2.05 bits per heavy atom. The number of anilines is 3. The van der Waals surface area contributed by atoms with Crippen molar-refractivity contribution in [3.05, 3.63) is 47.2 Å². The van der Waals surface area contributed by atoms with Gasteiger partial charge in [-0.1, -0.05) is 11.6 Å². The molecule has 0 heterocycles. The van der Waals surface area contributed by atoms with E-state index in [9.17, 15) is 4.39 Å². The number of benzene rings is 2. The lowest BCUT2D eigenvalue weighted by molar-refractivity contribution is 0.340. The number of halogens is 2. The molecular formula is C14H14ClFN2O. The van der Waals surface area contributed by atoms with E-state index in [1.807, 2.05) is 6.92 Å². The van der Waals surface area contributed by atoms with Crippen molar-refractivity contribution in [2.75, 3.05) is 17.7 Å². The summed E-state index contributed by atoms with van der Waals surface area (Å²) in [4.78, 5) is 0. The van der Waals surface area contributed by atoms with Gasteiger partial charge < -0.3 is 15.8 Å². The maximum Gasteiger partial charge on any atom is 0.124 e. The third-order valence-corrected chi connectivity index (χ3v) is 2.76. The Morgan fingerprint density at radius 1 is 1.26 bits per heavy atom. The molecule has 0 fully saturated rings. The summed E-state index contributed by atoms with van der Waals surface area (Å²) in [6.45, 7) is 2.45. The zero-order valence-electron chi connectivity index (χ0n) is 10.4. The SMILES string of the molecule is CCOc1cc(N)cc(Nc2ccc(F)cc2Cl)c1. The maximum absolute atomic E-state index is 13.0. The lowest BCUT2D eigenvalue weighted by Gasteiger charge is -2.11. The van der Waals surface area contributed by atoms with Gasteiger partial charge in [0.2, 0.25) is 0 Å².